The third-order valence-corrected chi connectivity index (χ3v) is 5.56. The Morgan fingerprint density at radius 3 is 2.29 bits per heavy atom. The second-order valence-corrected chi connectivity index (χ2v) is 9.18. The lowest BCUT2D eigenvalue weighted by Gasteiger charge is -2.16. The molecule has 0 aromatic carbocycles. The molecule has 142 valence electrons. The molecule has 0 saturated carbocycles. The molecule has 0 aliphatic rings. The standard InChI is InChI=1S/C15H29INO6P/c1-15(2,3)13(18)9-8-10-14(19)17-11-6-4-5-7-12-22-24(20,21)23-16/h4-12H2,1-3H3,(H,17,19)(H,20,21). The molecule has 7 nitrogen and oxygen atoms in total. The van der Waals surface area contributed by atoms with Gasteiger partial charge in [0.1, 0.15) is 28.8 Å². The Hall–Kier alpha value is -0.0200. The second kappa shape index (κ2) is 12.4. The molecule has 1 unspecified atom stereocenters. The van der Waals surface area contributed by atoms with Gasteiger partial charge in [0.15, 0.2) is 0 Å². The lowest BCUT2D eigenvalue weighted by Crippen LogP contribution is -2.25. The van der Waals surface area contributed by atoms with Crippen LogP contribution in [-0.2, 0) is 21.5 Å². The van der Waals surface area contributed by atoms with Crippen LogP contribution >= 0.6 is 30.8 Å². The quantitative estimate of drug-likeness (QED) is 0.237. The van der Waals surface area contributed by atoms with Gasteiger partial charge in [-0.2, -0.15) is 0 Å². The van der Waals surface area contributed by atoms with Gasteiger partial charge in [-0.15, -0.1) is 0 Å². The van der Waals surface area contributed by atoms with Gasteiger partial charge in [-0.3, -0.25) is 14.1 Å². The summed E-state index contributed by atoms with van der Waals surface area (Å²) in [5, 5.41) is 2.83. The molecular formula is C15H29INO6P. The molecule has 1 atom stereocenters. The van der Waals surface area contributed by atoms with Gasteiger partial charge >= 0.3 is 7.82 Å². The van der Waals surface area contributed by atoms with Crippen molar-refractivity contribution in [2.45, 2.75) is 65.7 Å². The zero-order valence-corrected chi connectivity index (χ0v) is 17.7. The van der Waals surface area contributed by atoms with Crippen molar-refractivity contribution in [2.24, 2.45) is 5.41 Å². The van der Waals surface area contributed by atoms with Gasteiger partial charge in [0.25, 0.3) is 0 Å². The molecular weight excluding hydrogens is 448 g/mol. The molecule has 24 heavy (non-hydrogen) atoms. The van der Waals surface area contributed by atoms with E-state index in [0.29, 0.717) is 32.2 Å². The van der Waals surface area contributed by atoms with Crippen LogP contribution in [0.3, 0.4) is 0 Å². The number of hydrogen-bond acceptors (Lipinski definition) is 5. The van der Waals surface area contributed by atoms with E-state index in [-0.39, 0.29) is 23.7 Å². The molecule has 0 aliphatic carbocycles. The molecule has 0 heterocycles. The van der Waals surface area contributed by atoms with Crippen molar-refractivity contribution in [2.75, 3.05) is 13.2 Å². The number of carbonyl (C=O) groups excluding carboxylic acids is 2. The number of rotatable bonds is 13. The lowest BCUT2D eigenvalue weighted by atomic mass is 9.88. The van der Waals surface area contributed by atoms with Gasteiger partial charge < -0.3 is 10.2 Å². The Kier molecular flexibility index (Phi) is 12.3. The first-order valence-corrected chi connectivity index (χ1v) is 10.5. The summed E-state index contributed by atoms with van der Waals surface area (Å²) in [5.74, 6) is 0.151. The Morgan fingerprint density at radius 2 is 1.71 bits per heavy atom. The molecule has 0 radical (unpaired) electrons. The Bertz CT molecular complexity index is 438. The number of hydrogen-bond donors (Lipinski definition) is 2. The highest BCUT2D eigenvalue weighted by molar-refractivity contribution is 14.1. The van der Waals surface area contributed by atoms with Crippen LogP contribution in [0.15, 0.2) is 0 Å². The maximum atomic E-state index is 11.7. The van der Waals surface area contributed by atoms with Crippen molar-refractivity contribution in [1.82, 2.24) is 5.32 Å². The highest BCUT2D eigenvalue weighted by atomic mass is 127. The van der Waals surface area contributed by atoms with Gasteiger partial charge in [-0.1, -0.05) is 33.6 Å². The van der Waals surface area contributed by atoms with Crippen LogP contribution in [0.4, 0.5) is 0 Å². The number of phosphoric ester groups is 1. The van der Waals surface area contributed by atoms with E-state index in [1.807, 2.05) is 20.8 Å². The van der Waals surface area contributed by atoms with Crippen molar-refractivity contribution in [1.29, 1.82) is 0 Å². The van der Waals surface area contributed by atoms with Crippen LogP contribution < -0.4 is 5.32 Å². The SMILES string of the molecule is CC(C)(C)C(=O)CCCC(=O)NCCCCCCOP(=O)(O)OI. The predicted molar refractivity (Wildman–Crippen MR) is 101 cm³/mol. The van der Waals surface area contributed by atoms with Gasteiger partial charge in [-0.05, 0) is 19.3 Å². The minimum atomic E-state index is -3.87. The minimum absolute atomic E-state index is 0.0274. The summed E-state index contributed by atoms with van der Waals surface area (Å²) in [6.07, 6.45) is 4.63. The van der Waals surface area contributed by atoms with Crippen LogP contribution in [0.5, 0.6) is 0 Å². The Balaban J connectivity index is 3.50. The molecule has 0 aromatic heterocycles. The Labute approximate surface area is 158 Å². The van der Waals surface area contributed by atoms with E-state index in [9.17, 15) is 14.2 Å². The van der Waals surface area contributed by atoms with Crippen LogP contribution in [0.1, 0.15) is 65.7 Å². The summed E-state index contributed by atoms with van der Waals surface area (Å²) in [6, 6.07) is 0. The van der Waals surface area contributed by atoms with Gasteiger partial charge in [0, 0.05) is 24.8 Å². The van der Waals surface area contributed by atoms with Crippen molar-refractivity contribution >= 4 is 42.5 Å². The fourth-order valence-corrected chi connectivity index (χ4v) is 2.62. The molecule has 9 heteroatoms. The van der Waals surface area contributed by atoms with Crippen molar-refractivity contribution in [3.05, 3.63) is 0 Å². The first kappa shape index (κ1) is 24.0. The van der Waals surface area contributed by atoms with E-state index in [2.05, 4.69) is 8.17 Å². The number of halogens is 1. The summed E-state index contributed by atoms with van der Waals surface area (Å²) < 4.78 is 20.0. The molecule has 0 fully saturated rings. The van der Waals surface area contributed by atoms with E-state index >= 15 is 0 Å². The zero-order chi connectivity index (χ0) is 18.6. The molecule has 1 amide bonds. The van der Waals surface area contributed by atoms with Crippen LogP contribution in [0.2, 0.25) is 0 Å². The molecule has 0 bridgehead atoms. The van der Waals surface area contributed by atoms with E-state index in [4.69, 9.17) is 9.42 Å². The smallest absolute Gasteiger partial charge is 0.356 e. The third kappa shape index (κ3) is 13.3. The van der Waals surface area contributed by atoms with Crippen molar-refractivity contribution in [3.8, 4) is 0 Å². The normalized spacial score (nSPS) is 14.2. The number of Topliss-reactive ketones (excluding diaryl/α,β-unsaturated/α-hetero) is 1. The van der Waals surface area contributed by atoms with E-state index < -0.39 is 7.82 Å². The number of ketones is 1. The van der Waals surface area contributed by atoms with Gasteiger partial charge in [0.2, 0.25) is 5.91 Å². The van der Waals surface area contributed by atoms with Crippen molar-refractivity contribution < 1.29 is 26.4 Å². The van der Waals surface area contributed by atoms with Gasteiger partial charge in [0.05, 0.1) is 6.61 Å². The maximum absolute atomic E-state index is 11.7. The minimum Gasteiger partial charge on any atom is -0.356 e. The molecule has 2 N–H and O–H groups in total. The molecule has 0 aliphatic heterocycles. The van der Waals surface area contributed by atoms with Crippen LogP contribution in [-0.4, -0.2) is 29.7 Å². The number of carbonyl (C=O) groups is 2. The van der Waals surface area contributed by atoms with Crippen molar-refractivity contribution in [3.63, 3.8) is 0 Å². The number of amides is 1. The number of phosphoric acid groups is 1. The monoisotopic (exact) mass is 477 g/mol. The second-order valence-electron chi connectivity index (χ2n) is 6.66. The lowest BCUT2D eigenvalue weighted by molar-refractivity contribution is -0.126. The maximum Gasteiger partial charge on any atom is 0.481 e. The summed E-state index contributed by atoms with van der Waals surface area (Å²) in [6.45, 7) is 6.42. The topological polar surface area (TPSA) is 102 Å². The third-order valence-electron chi connectivity index (χ3n) is 3.38. The molecule has 0 saturated heterocycles. The molecule has 0 rings (SSSR count). The van der Waals surface area contributed by atoms with Gasteiger partial charge in [-0.25, -0.2) is 7.42 Å². The highest BCUT2D eigenvalue weighted by Gasteiger charge is 2.20. The van der Waals surface area contributed by atoms with Crippen LogP contribution in [0, 0.1) is 5.41 Å². The highest BCUT2D eigenvalue weighted by Crippen LogP contribution is 2.45. The number of nitrogens with one attached hydrogen (secondary N) is 1. The fraction of sp³-hybridized carbons (Fsp3) is 0.867. The zero-order valence-electron chi connectivity index (χ0n) is 14.7. The summed E-state index contributed by atoms with van der Waals surface area (Å²) >= 11 is 1.34. The largest absolute Gasteiger partial charge is 0.481 e. The molecule has 0 spiro atoms. The summed E-state index contributed by atoms with van der Waals surface area (Å²) in [4.78, 5) is 32.4. The first-order chi connectivity index (χ1) is 11.1. The fourth-order valence-electron chi connectivity index (χ4n) is 1.88. The first-order valence-electron chi connectivity index (χ1n) is 8.16. The van der Waals surface area contributed by atoms with Crippen LogP contribution in [0.25, 0.3) is 0 Å². The summed E-state index contributed by atoms with van der Waals surface area (Å²) in [7, 11) is -3.87. The molecule has 0 aromatic rings. The van der Waals surface area contributed by atoms with E-state index in [0.717, 1.165) is 19.3 Å². The average Bonchev–Trinajstić information content (AvgIpc) is 2.48. The van der Waals surface area contributed by atoms with E-state index in [1.165, 1.54) is 23.0 Å². The average molecular weight is 477 g/mol. The summed E-state index contributed by atoms with van der Waals surface area (Å²) in [5.41, 5.74) is -0.340. The van der Waals surface area contributed by atoms with E-state index in [1.54, 1.807) is 0 Å². The Morgan fingerprint density at radius 1 is 1.08 bits per heavy atom. The number of unbranched alkanes of at least 4 members (excludes halogenated alkanes) is 3. The predicted octanol–water partition coefficient (Wildman–Crippen LogP) is 3.93.